The summed E-state index contributed by atoms with van der Waals surface area (Å²) < 4.78 is 45.3. The molecule has 1 heterocycles. The lowest BCUT2D eigenvalue weighted by Gasteiger charge is -2.24. The normalized spacial score (nSPS) is 19.9. The number of nitrogens with zero attached hydrogens (tertiary/aromatic N) is 1. The Kier molecular flexibility index (Phi) is 6.27. The third-order valence-electron chi connectivity index (χ3n) is 2.79. The number of nitrogens with one attached hydrogen (secondary N) is 1. The number of hydrogen-bond acceptors (Lipinski definition) is 4. The molecule has 1 atom stereocenters. The van der Waals surface area contributed by atoms with Crippen LogP contribution in [0.1, 0.15) is 27.2 Å². The summed E-state index contributed by atoms with van der Waals surface area (Å²) in [7, 11) is 0. The Bertz CT molecular complexity index is 343. The van der Waals surface area contributed by atoms with Crippen molar-refractivity contribution in [2.75, 3.05) is 32.8 Å². The number of carbonyl (C=O) groups is 1. The maximum absolute atomic E-state index is 11.9. The molecule has 0 aromatic carbocycles. The Morgan fingerprint density at radius 3 is 2.57 bits per heavy atom. The van der Waals surface area contributed by atoms with E-state index in [0.29, 0.717) is 19.6 Å². The third kappa shape index (κ3) is 8.11. The van der Waals surface area contributed by atoms with E-state index in [1.54, 1.807) is 25.7 Å². The van der Waals surface area contributed by atoms with Crippen LogP contribution in [0.5, 0.6) is 0 Å². The van der Waals surface area contributed by atoms with Gasteiger partial charge >= 0.3 is 12.3 Å². The second kappa shape index (κ2) is 7.31. The van der Waals surface area contributed by atoms with Crippen molar-refractivity contribution in [1.29, 1.82) is 0 Å². The van der Waals surface area contributed by atoms with Crippen LogP contribution in [0.3, 0.4) is 0 Å². The van der Waals surface area contributed by atoms with Crippen LogP contribution < -0.4 is 5.32 Å². The fourth-order valence-electron chi connectivity index (χ4n) is 1.94. The number of likely N-dealkylation sites (tertiary alicyclic amines) is 1. The molecule has 1 N–H and O–H groups in total. The molecule has 0 saturated carbocycles. The first-order chi connectivity index (χ1) is 9.57. The van der Waals surface area contributed by atoms with Crippen molar-refractivity contribution in [2.45, 2.75) is 45.0 Å². The van der Waals surface area contributed by atoms with Crippen LogP contribution in [-0.2, 0) is 9.47 Å². The molecule has 0 radical (unpaired) electrons. The van der Waals surface area contributed by atoms with Gasteiger partial charge in [-0.05, 0) is 27.2 Å². The summed E-state index contributed by atoms with van der Waals surface area (Å²) in [5, 5.41) is 3.07. The Balaban J connectivity index is 2.16. The zero-order chi connectivity index (χ0) is 16.1. The highest BCUT2D eigenvalue weighted by atomic mass is 19.4. The minimum atomic E-state index is -4.29. The van der Waals surface area contributed by atoms with E-state index in [-0.39, 0.29) is 18.7 Å². The largest absolute Gasteiger partial charge is 0.444 e. The number of alkyl halides is 3. The number of halogens is 3. The second-order valence-corrected chi connectivity index (χ2v) is 6.03. The zero-order valence-electron chi connectivity index (χ0n) is 12.6. The molecule has 1 aliphatic rings. The number of carbonyl (C=O) groups excluding carboxylic acids is 1. The van der Waals surface area contributed by atoms with E-state index in [4.69, 9.17) is 4.74 Å². The average molecular weight is 312 g/mol. The first kappa shape index (κ1) is 18.0. The van der Waals surface area contributed by atoms with Gasteiger partial charge in [0.15, 0.2) is 0 Å². The van der Waals surface area contributed by atoms with Gasteiger partial charge in [-0.1, -0.05) is 0 Å². The lowest BCUT2D eigenvalue weighted by molar-refractivity contribution is -0.173. The summed E-state index contributed by atoms with van der Waals surface area (Å²) in [6, 6.07) is 0.0620. The summed E-state index contributed by atoms with van der Waals surface area (Å²) in [6.45, 7) is 5.55. The lowest BCUT2D eigenvalue weighted by atomic mass is 10.2. The first-order valence-electron chi connectivity index (χ1n) is 6.93. The minimum Gasteiger partial charge on any atom is -0.444 e. The van der Waals surface area contributed by atoms with Gasteiger partial charge in [0.1, 0.15) is 12.2 Å². The monoisotopic (exact) mass is 312 g/mol. The van der Waals surface area contributed by atoms with E-state index in [1.165, 1.54) is 0 Å². The molecule has 1 aliphatic heterocycles. The van der Waals surface area contributed by atoms with Gasteiger partial charge in [0, 0.05) is 25.7 Å². The molecule has 0 aliphatic carbocycles. The summed E-state index contributed by atoms with van der Waals surface area (Å²) in [5.74, 6) is 0. The van der Waals surface area contributed by atoms with E-state index in [0.717, 1.165) is 6.42 Å². The van der Waals surface area contributed by atoms with Crippen molar-refractivity contribution >= 4 is 6.09 Å². The number of amides is 1. The molecule has 1 amide bonds. The predicted molar refractivity (Wildman–Crippen MR) is 71.1 cm³/mol. The van der Waals surface area contributed by atoms with Crippen LogP contribution in [0.4, 0.5) is 18.0 Å². The molecule has 8 heteroatoms. The summed E-state index contributed by atoms with van der Waals surface area (Å²) >= 11 is 0. The van der Waals surface area contributed by atoms with E-state index < -0.39 is 18.4 Å². The molecule has 124 valence electrons. The molecule has 1 unspecified atom stereocenters. The quantitative estimate of drug-likeness (QED) is 0.791. The highest BCUT2D eigenvalue weighted by Crippen LogP contribution is 2.16. The van der Waals surface area contributed by atoms with E-state index >= 15 is 0 Å². The molecule has 1 saturated heterocycles. The maximum Gasteiger partial charge on any atom is 0.411 e. The van der Waals surface area contributed by atoms with Crippen LogP contribution in [-0.4, -0.2) is 61.7 Å². The van der Waals surface area contributed by atoms with Crippen LogP contribution in [0.2, 0.25) is 0 Å². The smallest absolute Gasteiger partial charge is 0.411 e. The molecule has 21 heavy (non-hydrogen) atoms. The van der Waals surface area contributed by atoms with Crippen molar-refractivity contribution in [1.82, 2.24) is 10.2 Å². The summed E-state index contributed by atoms with van der Waals surface area (Å²) in [5.41, 5.74) is -0.534. The molecule has 0 spiro atoms. The standard InChI is InChI=1S/C13H23F3N2O3/c1-12(2,3)21-11(19)18-6-4-10(8-18)17-5-7-20-9-13(14,15)16/h10,17H,4-9H2,1-3H3. The van der Waals surface area contributed by atoms with E-state index in [2.05, 4.69) is 10.1 Å². The molecule has 0 bridgehead atoms. The Morgan fingerprint density at radius 1 is 1.33 bits per heavy atom. The van der Waals surface area contributed by atoms with Gasteiger partial charge in [0.25, 0.3) is 0 Å². The lowest BCUT2D eigenvalue weighted by Crippen LogP contribution is -2.39. The van der Waals surface area contributed by atoms with Crippen molar-refractivity contribution in [2.24, 2.45) is 0 Å². The van der Waals surface area contributed by atoms with Crippen molar-refractivity contribution in [3.63, 3.8) is 0 Å². The van der Waals surface area contributed by atoms with Crippen LogP contribution in [0, 0.1) is 0 Å². The van der Waals surface area contributed by atoms with Gasteiger partial charge < -0.3 is 19.7 Å². The fourth-order valence-corrected chi connectivity index (χ4v) is 1.94. The molecule has 0 aromatic heterocycles. The van der Waals surface area contributed by atoms with E-state index in [1.807, 2.05) is 0 Å². The summed E-state index contributed by atoms with van der Waals surface area (Å²) in [4.78, 5) is 13.4. The van der Waals surface area contributed by atoms with Gasteiger partial charge in [0.2, 0.25) is 0 Å². The topological polar surface area (TPSA) is 50.8 Å². The summed E-state index contributed by atoms with van der Waals surface area (Å²) in [6.07, 6.45) is -3.90. The Hall–Kier alpha value is -1.02. The number of ether oxygens (including phenoxy) is 2. The van der Waals surface area contributed by atoms with E-state index in [9.17, 15) is 18.0 Å². The Labute approximate surface area is 122 Å². The molecule has 1 fully saturated rings. The molecular weight excluding hydrogens is 289 g/mol. The highest BCUT2D eigenvalue weighted by Gasteiger charge is 2.30. The van der Waals surface area contributed by atoms with Crippen molar-refractivity contribution in [3.8, 4) is 0 Å². The SMILES string of the molecule is CC(C)(C)OC(=O)N1CCC(NCCOCC(F)(F)F)C1. The van der Waals surface area contributed by atoms with Crippen LogP contribution in [0.25, 0.3) is 0 Å². The maximum atomic E-state index is 11.9. The Morgan fingerprint density at radius 2 is 2.00 bits per heavy atom. The third-order valence-corrected chi connectivity index (χ3v) is 2.79. The van der Waals surface area contributed by atoms with Gasteiger partial charge in [0.05, 0.1) is 6.61 Å². The predicted octanol–water partition coefficient (Wildman–Crippen LogP) is 2.16. The number of rotatable bonds is 5. The second-order valence-electron chi connectivity index (χ2n) is 6.03. The molecule has 1 rings (SSSR count). The minimum absolute atomic E-state index is 0.0115. The fraction of sp³-hybridized carbons (Fsp3) is 0.923. The molecule has 5 nitrogen and oxygen atoms in total. The zero-order valence-corrected chi connectivity index (χ0v) is 12.6. The molecule has 0 aromatic rings. The van der Waals surface area contributed by atoms with Crippen LogP contribution >= 0.6 is 0 Å². The van der Waals surface area contributed by atoms with Gasteiger partial charge in [-0.25, -0.2) is 4.79 Å². The van der Waals surface area contributed by atoms with Crippen molar-refractivity contribution in [3.05, 3.63) is 0 Å². The van der Waals surface area contributed by atoms with Gasteiger partial charge in [-0.15, -0.1) is 0 Å². The molecular formula is C13H23F3N2O3. The van der Waals surface area contributed by atoms with Crippen molar-refractivity contribution < 1.29 is 27.4 Å². The first-order valence-corrected chi connectivity index (χ1v) is 6.93. The van der Waals surface area contributed by atoms with Gasteiger partial charge in [-0.3, -0.25) is 0 Å². The number of hydrogen-bond donors (Lipinski definition) is 1. The van der Waals surface area contributed by atoms with Gasteiger partial charge in [-0.2, -0.15) is 13.2 Å². The average Bonchev–Trinajstić information content (AvgIpc) is 2.73. The highest BCUT2D eigenvalue weighted by molar-refractivity contribution is 5.68. The van der Waals surface area contributed by atoms with Crippen LogP contribution in [0.15, 0.2) is 0 Å².